The molecule has 0 amide bonds. The Kier molecular flexibility index (Phi) is 3.47. The highest BCUT2D eigenvalue weighted by Gasteiger charge is 2.14. The highest BCUT2D eigenvalue weighted by atomic mass is 16.4. The minimum absolute atomic E-state index is 0.0368. The van der Waals surface area contributed by atoms with Crippen LogP contribution in [0.1, 0.15) is 38.1 Å². The summed E-state index contributed by atoms with van der Waals surface area (Å²) >= 11 is 0. The summed E-state index contributed by atoms with van der Waals surface area (Å²) in [5, 5.41) is 11.4. The van der Waals surface area contributed by atoms with Crippen LogP contribution in [-0.2, 0) is 18.6 Å². The van der Waals surface area contributed by atoms with E-state index in [1.165, 1.54) is 0 Å². The first-order valence-electron chi connectivity index (χ1n) is 5.99. The Morgan fingerprint density at radius 1 is 1.33 bits per heavy atom. The second kappa shape index (κ2) is 4.89. The molecule has 2 aromatic rings. The SMILES string of the molecule is Cc1cnc(CNCc2cn(C(C)(C)C)nn2)o1. The van der Waals surface area contributed by atoms with E-state index < -0.39 is 0 Å². The number of nitrogens with one attached hydrogen (secondary N) is 1. The minimum Gasteiger partial charge on any atom is -0.445 e. The zero-order valence-electron chi connectivity index (χ0n) is 11.3. The van der Waals surface area contributed by atoms with Crippen molar-refractivity contribution in [3.05, 3.63) is 29.7 Å². The zero-order valence-corrected chi connectivity index (χ0v) is 11.3. The van der Waals surface area contributed by atoms with Crippen molar-refractivity contribution in [2.45, 2.75) is 46.3 Å². The summed E-state index contributed by atoms with van der Waals surface area (Å²) in [6, 6.07) is 0. The third-order valence-corrected chi connectivity index (χ3v) is 2.48. The van der Waals surface area contributed by atoms with Gasteiger partial charge >= 0.3 is 0 Å². The quantitative estimate of drug-likeness (QED) is 0.891. The molecule has 0 aliphatic rings. The fourth-order valence-electron chi connectivity index (χ4n) is 1.49. The molecule has 6 nitrogen and oxygen atoms in total. The third kappa shape index (κ3) is 3.16. The van der Waals surface area contributed by atoms with E-state index in [4.69, 9.17) is 4.42 Å². The number of aryl methyl sites for hydroxylation is 1. The fourth-order valence-corrected chi connectivity index (χ4v) is 1.49. The van der Waals surface area contributed by atoms with E-state index in [0.717, 1.165) is 11.5 Å². The molecule has 0 aromatic carbocycles. The molecule has 0 spiro atoms. The molecule has 2 heterocycles. The Morgan fingerprint density at radius 3 is 2.67 bits per heavy atom. The van der Waals surface area contributed by atoms with Crippen LogP contribution < -0.4 is 5.32 Å². The standard InChI is InChI=1S/C12H19N5O/c1-9-5-14-11(18-9)7-13-6-10-8-17(16-15-10)12(2,3)4/h5,8,13H,6-7H2,1-4H3. The van der Waals surface area contributed by atoms with Gasteiger partial charge in [0.05, 0.1) is 30.2 Å². The summed E-state index contributed by atoms with van der Waals surface area (Å²) in [5.74, 6) is 1.51. The molecule has 0 atom stereocenters. The summed E-state index contributed by atoms with van der Waals surface area (Å²) in [6.07, 6.45) is 3.67. The molecule has 0 saturated carbocycles. The van der Waals surface area contributed by atoms with E-state index in [1.54, 1.807) is 6.20 Å². The molecular formula is C12H19N5O. The number of rotatable bonds is 4. The Labute approximate surface area is 106 Å². The third-order valence-electron chi connectivity index (χ3n) is 2.48. The Hall–Kier alpha value is -1.69. The van der Waals surface area contributed by atoms with Gasteiger partial charge in [-0.3, -0.25) is 0 Å². The van der Waals surface area contributed by atoms with Crippen molar-refractivity contribution >= 4 is 0 Å². The van der Waals surface area contributed by atoms with Crippen molar-refractivity contribution in [1.82, 2.24) is 25.3 Å². The van der Waals surface area contributed by atoms with Crippen LogP contribution in [0.3, 0.4) is 0 Å². The first-order valence-corrected chi connectivity index (χ1v) is 5.99. The number of oxazole rings is 1. The largest absolute Gasteiger partial charge is 0.445 e. The normalized spacial score (nSPS) is 12.0. The maximum absolute atomic E-state index is 5.37. The van der Waals surface area contributed by atoms with Crippen molar-refractivity contribution in [2.24, 2.45) is 0 Å². The van der Waals surface area contributed by atoms with Crippen molar-refractivity contribution < 1.29 is 4.42 Å². The zero-order chi connectivity index (χ0) is 13.2. The van der Waals surface area contributed by atoms with Gasteiger partial charge in [0.1, 0.15) is 5.76 Å². The van der Waals surface area contributed by atoms with E-state index in [2.05, 4.69) is 41.4 Å². The summed E-state index contributed by atoms with van der Waals surface area (Å²) in [5.41, 5.74) is 0.874. The molecule has 0 aliphatic carbocycles. The molecule has 0 aliphatic heterocycles. The van der Waals surface area contributed by atoms with Gasteiger partial charge in [-0.1, -0.05) is 5.21 Å². The number of hydrogen-bond acceptors (Lipinski definition) is 5. The first kappa shape index (κ1) is 12.8. The molecule has 6 heteroatoms. The van der Waals surface area contributed by atoms with Crippen LogP contribution in [0.2, 0.25) is 0 Å². The molecule has 0 fully saturated rings. The second-order valence-corrected chi connectivity index (χ2v) is 5.29. The monoisotopic (exact) mass is 249 g/mol. The molecule has 98 valence electrons. The number of hydrogen-bond donors (Lipinski definition) is 1. The number of aromatic nitrogens is 4. The Bertz CT molecular complexity index is 509. The van der Waals surface area contributed by atoms with E-state index in [9.17, 15) is 0 Å². The van der Waals surface area contributed by atoms with Crippen LogP contribution in [0.15, 0.2) is 16.8 Å². The van der Waals surface area contributed by atoms with E-state index in [0.29, 0.717) is 19.0 Å². The predicted octanol–water partition coefficient (Wildman–Crippen LogP) is 1.62. The molecule has 0 saturated heterocycles. The summed E-state index contributed by atoms with van der Waals surface area (Å²) in [6.45, 7) is 9.40. The van der Waals surface area contributed by atoms with Gasteiger partial charge in [0.2, 0.25) is 5.89 Å². The van der Waals surface area contributed by atoms with Gasteiger partial charge in [0, 0.05) is 6.54 Å². The van der Waals surface area contributed by atoms with Crippen LogP contribution >= 0.6 is 0 Å². The highest BCUT2D eigenvalue weighted by molar-refractivity contribution is 4.95. The van der Waals surface area contributed by atoms with Crippen molar-refractivity contribution in [1.29, 1.82) is 0 Å². The van der Waals surface area contributed by atoms with Crippen LogP contribution in [0, 0.1) is 6.92 Å². The Balaban J connectivity index is 1.85. The van der Waals surface area contributed by atoms with E-state index in [-0.39, 0.29) is 5.54 Å². The van der Waals surface area contributed by atoms with E-state index >= 15 is 0 Å². The van der Waals surface area contributed by atoms with Crippen molar-refractivity contribution in [2.75, 3.05) is 0 Å². The molecule has 0 bridgehead atoms. The lowest BCUT2D eigenvalue weighted by Gasteiger charge is -2.17. The van der Waals surface area contributed by atoms with Crippen molar-refractivity contribution in [3.63, 3.8) is 0 Å². The lowest BCUT2D eigenvalue weighted by Crippen LogP contribution is -2.22. The maximum atomic E-state index is 5.37. The fraction of sp³-hybridized carbons (Fsp3) is 0.583. The van der Waals surface area contributed by atoms with Gasteiger partial charge < -0.3 is 9.73 Å². The molecule has 0 radical (unpaired) electrons. The van der Waals surface area contributed by atoms with Gasteiger partial charge in [0.15, 0.2) is 0 Å². The van der Waals surface area contributed by atoms with Crippen LogP contribution in [-0.4, -0.2) is 20.0 Å². The lowest BCUT2D eigenvalue weighted by molar-refractivity contribution is 0.346. The van der Waals surface area contributed by atoms with Gasteiger partial charge in [-0.05, 0) is 27.7 Å². The first-order chi connectivity index (χ1) is 8.45. The van der Waals surface area contributed by atoms with Crippen LogP contribution in [0.25, 0.3) is 0 Å². The average molecular weight is 249 g/mol. The van der Waals surface area contributed by atoms with Crippen LogP contribution in [0.5, 0.6) is 0 Å². The molecular weight excluding hydrogens is 230 g/mol. The van der Waals surface area contributed by atoms with E-state index in [1.807, 2.05) is 17.8 Å². The van der Waals surface area contributed by atoms with Gasteiger partial charge in [-0.2, -0.15) is 0 Å². The summed E-state index contributed by atoms with van der Waals surface area (Å²) in [4.78, 5) is 4.12. The second-order valence-electron chi connectivity index (χ2n) is 5.29. The smallest absolute Gasteiger partial charge is 0.208 e. The predicted molar refractivity (Wildman–Crippen MR) is 66.8 cm³/mol. The van der Waals surface area contributed by atoms with Gasteiger partial charge in [-0.15, -0.1) is 5.10 Å². The Morgan fingerprint density at radius 2 is 2.11 bits per heavy atom. The summed E-state index contributed by atoms with van der Waals surface area (Å²) in [7, 11) is 0. The van der Waals surface area contributed by atoms with Crippen molar-refractivity contribution in [3.8, 4) is 0 Å². The minimum atomic E-state index is -0.0368. The highest BCUT2D eigenvalue weighted by Crippen LogP contribution is 2.11. The van der Waals surface area contributed by atoms with Crippen LogP contribution in [0.4, 0.5) is 0 Å². The molecule has 18 heavy (non-hydrogen) atoms. The molecule has 0 unspecified atom stereocenters. The maximum Gasteiger partial charge on any atom is 0.208 e. The molecule has 2 rings (SSSR count). The summed E-state index contributed by atoms with van der Waals surface area (Å²) < 4.78 is 7.23. The lowest BCUT2D eigenvalue weighted by atomic mass is 10.1. The molecule has 2 aromatic heterocycles. The average Bonchev–Trinajstić information content (AvgIpc) is 2.87. The number of nitrogens with zero attached hydrogens (tertiary/aromatic N) is 4. The van der Waals surface area contributed by atoms with Gasteiger partial charge in [0.25, 0.3) is 0 Å². The van der Waals surface area contributed by atoms with Gasteiger partial charge in [-0.25, -0.2) is 9.67 Å². The molecule has 1 N–H and O–H groups in total. The topological polar surface area (TPSA) is 68.8 Å².